The van der Waals surface area contributed by atoms with Gasteiger partial charge in [0.05, 0.1) is 38.4 Å². The predicted molar refractivity (Wildman–Crippen MR) is 425 cm³/mol. The number of hydrogen-bond acceptors (Lipinski definition) is 1. The van der Waals surface area contributed by atoms with Gasteiger partial charge in [-0.3, -0.25) is 0 Å². The molecule has 104 heavy (non-hydrogen) atoms. The summed E-state index contributed by atoms with van der Waals surface area (Å²) in [5, 5.41) is 0. The molecule has 0 radical (unpaired) electrons. The van der Waals surface area contributed by atoms with Crippen LogP contribution >= 0.6 is 0 Å². The summed E-state index contributed by atoms with van der Waals surface area (Å²) < 4.78 is 0. The standard InChI is InChI=1S/C103H75N/c1-11-37-71(38-12-1)99(72-39-13-2-14-40-72)85-58-32-31-57-81(85)84-65-70-66-92-82(67-91(70)101(75-45-19-5-20-46-75,76-47-21-6-22-48-76)88-61-35-60-87(99)97(84)88)83-68-94-96(69-93(83)103(92,79-53-27-9-28-54-79)80-55-29-10-30-56-80)104-95-64-34-33-59-86(95)100(73-41-15-3-16-42-73,74-43-17-4-18-44-74)89-62-36-63-90(98(89)104)102(94,77-49-23-7-24-50-77)78-51-25-8-26-52-78/h1-64,66-68,81,84-85,93H,65,69H2. The van der Waals surface area contributed by atoms with E-state index >= 15 is 0 Å². The number of allylic oxidation sites excluding steroid dienone is 8. The summed E-state index contributed by atoms with van der Waals surface area (Å²) >= 11 is 0. The molecule has 5 aliphatic carbocycles. The van der Waals surface area contributed by atoms with E-state index in [1.54, 1.807) is 0 Å². The van der Waals surface area contributed by atoms with Crippen molar-refractivity contribution in [1.29, 1.82) is 0 Å². The molecule has 0 bridgehead atoms. The van der Waals surface area contributed by atoms with Gasteiger partial charge in [-0.15, -0.1) is 0 Å². The second-order valence-corrected chi connectivity index (χ2v) is 29.8. The molecular weight excluding hydrogens is 1250 g/mol. The smallest absolute Gasteiger partial charge is 0.0742 e. The monoisotopic (exact) mass is 1330 g/mol. The first-order chi connectivity index (χ1) is 51.6. The molecule has 4 atom stereocenters. The van der Waals surface area contributed by atoms with Gasteiger partial charge in [0.1, 0.15) is 0 Å². The van der Waals surface area contributed by atoms with E-state index in [9.17, 15) is 0 Å². The third-order valence-corrected chi connectivity index (χ3v) is 25.6. The van der Waals surface area contributed by atoms with Crippen LogP contribution < -0.4 is 4.90 Å². The number of para-hydroxylation sites is 2. The molecule has 0 aromatic heterocycles. The lowest BCUT2D eigenvalue weighted by Gasteiger charge is -2.55. The van der Waals surface area contributed by atoms with Gasteiger partial charge < -0.3 is 4.90 Å². The number of hydrogen-bond donors (Lipinski definition) is 0. The molecule has 2 heterocycles. The number of nitrogens with zero attached hydrogens (tertiary/aromatic N) is 1. The van der Waals surface area contributed by atoms with Gasteiger partial charge in [-0.05, 0) is 159 Å². The molecule has 21 rings (SSSR count). The van der Waals surface area contributed by atoms with Crippen LogP contribution in [0.3, 0.4) is 0 Å². The summed E-state index contributed by atoms with van der Waals surface area (Å²) in [7, 11) is 0. The molecule has 1 nitrogen and oxygen atoms in total. The lowest BCUT2D eigenvalue weighted by molar-refractivity contribution is 0.274. The van der Waals surface area contributed by atoms with Gasteiger partial charge in [0.2, 0.25) is 0 Å². The molecular formula is C103H75N. The Morgan fingerprint density at radius 3 is 1.14 bits per heavy atom. The molecule has 7 aliphatic rings. The van der Waals surface area contributed by atoms with Crippen molar-refractivity contribution in [2.24, 2.45) is 17.8 Å². The number of anilines is 2. The van der Waals surface area contributed by atoms with Gasteiger partial charge in [0.25, 0.3) is 0 Å². The Bertz CT molecular complexity index is 5580. The molecule has 2 aliphatic heterocycles. The van der Waals surface area contributed by atoms with Crippen molar-refractivity contribution in [3.63, 3.8) is 0 Å². The second-order valence-electron chi connectivity index (χ2n) is 29.8. The third-order valence-electron chi connectivity index (χ3n) is 25.6. The summed E-state index contributed by atoms with van der Waals surface area (Å²) in [5.74, 6) is 0.252. The van der Waals surface area contributed by atoms with E-state index in [1.807, 2.05) is 0 Å². The molecule has 0 saturated heterocycles. The Hall–Kier alpha value is -12.2. The zero-order chi connectivity index (χ0) is 68.6. The zero-order valence-corrected chi connectivity index (χ0v) is 57.9. The Kier molecular flexibility index (Phi) is 13.7. The van der Waals surface area contributed by atoms with E-state index < -0.39 is 27.1 Å². The molecule has 0 amide bonds. The normalized spacial score (nSPS) is 20.0. The molecule has 14 aromatic rings. The Balaban J connectivity index is 0.924. The van der Waals surface area contributed by atoms with Crippen molar-refractivity contribution in [1.82, 2.24) is 0 Å². The van der Waals surface area contributed by atoms with Crippen LogP contribution in [0.1, 0.15) is 124 Å². The van der Waals surface area contributed by atoms with Crippen molar-refractivity contribution in [3.8, 4) is 0 Å². The summed E-state index contributed by atoms with van der Waals surface area (Å²) in [6, 6.07) is 146. The van der Waals surface area contributed by atoms with E-state index in [0.29, 0.717) is 0 Å². The minimum Gasteiger partial charge on any atom is -0.313 e. The first-order valence-corrected chi connectivity index (χ1v) is 37.3. The fourth-order valence-electron chi connectivity index (χ4n) is 22.0. The fourth-order valence-corrected chi connectivity index (χ4v) is 22.0. The maximum Gasteiger partial charge on any atom is 0.0742 e. The van der Waals surface area contributed by atoms with Crippen LogP contribution in [0, 0.1) is 17.8 Å². The van der Waals surface area contributed by atoms with Crippen LogP contribution in [0.5, 0.6) is 0 Å². The summed E-state index contributed by atoms with van der Waals surface area (Å²) in [6.07, 6.45) is 14.2. The first kappa shape index (κ1) is 60.6. The third kappa shape index (κ3) is 7.99. The van der Waals surface area contributed by atoms with Crippen molar-refractivity contribution < 1.29 is 0 Å². The predicted octanol–water partition coefficient (Wildman–Crippen LogP) is 23.3. The molecule has 1 heteroatoms. The molecule has 0 spiro atoms. The second kappa shape index (κ2) is 23.4. The Labute approximate surface area is 610 Å². The molecule has 4 unspecified atom stereocenters. The number of rotatable bonds is 10. The van der Waals surface area contributed by atoms with E-state index in [1.165, 1.54) is 139 Å². The highest BCUT2D eigenvalue weighted by molar-refractivity contribution is 5.96. The lowest BCUT2D eigenvalue weighted by Crippen LogP contribution is -2.48. The van der Waals surface area contributed by atoms with Gasteiger partial charge in [0, 0.05) is 17.5 Å². The van der Waals surface area contributed by atoms with Gasteiger partial charge in [-0.2, -0.15) is 0 Å². The molecule has 492 valence electrons. The molecule has 14 aromatic carbocycles. The highest BCUT2D eigenvalue weighted by atomic mass is 15.2. The van der Waals surface area contributed by atoms with Crippen molar-refractivity contribution >= 4 is 16.9 Å². The van der Waals surface area contributed by atoms with E-state index in [4.69, 9.17) is 0 Å². The van der Waals surface area contributed by atoms with Gasteiger partial charge in [-0.1, -0.05) is 394 Å². The van der Waals surface area contributed by atoms with Gasteiger partial charge in [0.15, 0.2) is 0 Å². The maximum absolute atomic E-state index is 2.81. The maximum atomic E-state index is 2.81. The van der Waals surface area contributed by atoms with Gasteiger partial charge >= 0.3 is 0 Å². The largest absolute Gasteiger partial charge is 0.313 e. The number of benzene rings is 14. The highest BCUT2D eigenvalue weighted by Crippen LogP contribution is 2.71. The first-order valence-electron chi connectivity index (χ1n) is 37.3. The summed E-state index contributed by atoms with van der Waals surface area (Å²) in [4.78, 5) is 2.79. The zero-order valence-electron chi connectivity index (χ0n) is 57.9. The highest BCUT2D eigenvalue weighted by Gasteiger charge is 2.62. The average molecular weight is 1330 g/mol. The van der Waals surface area contributed by atoms with Crippen LogP contribution in [0.2, 0.25) is 0 Å². The molecule has 0 N–H and O–H groups in total. The van der Waals surface area contributed by atoms with Crippen molar-refractivity contribution in [2.45, 2.75) is 45.8 Å². The van der Waals surface area contributed by atoms with E-state index in [-0.39, 0.29) is 23.7 Å². The van der Waals surface area contributed by atoms with E-state index in [2.05, 4.69) is 411 Å². The fraction of sp³-hybridized carbons (Fsp3) is 0.107. The Morgan fingerprint density at radius 1 is 0.288 bits per heavy atom. The summed E-state index contributed by atoms with van der Waals surface area (Å²) in [6.45, 7) is 0. The van der Waals surface area contributed by atoms with Crippen LogP contribution in [0.15, 0.2) is 418 Å². The number of fused-ring (bicyclic) bond motifs is 9. The minimum absolute atomic E-state index is 0.0864. The van der Waals surface area contributed by atoms with E-state index in [0.717, 1.165) is 12.8 Å². The summed E-state index contributed by atoms with van der Waals surface area (Å²) in [5.41, 5.74) is 29.2. The van der Waals surface area contributed by atoms with Crippen LogP contribution in [0.25, 0.3) is 5.57 Å². The average Bonchev–Trinajstić information content (AvgIpc) is 1.13. The molecule has 0 fully saturated rings. The van der Waals surface area contributed by atoms with Gasteiger partial charge in [-0.25, -0.2) is 0 Å². The topological polar surface area (TPSA) is 3.24 Å². The molecule has 0 saturated carbocycles. The van der Waals surface area contributed by atoms with Crippen LogP contribution in [0.4, 0.5) is 11.4 Å². The Morgan fingerprint density at radius 2 is 0.663 bits per heavy atom. The van der Waals surface area contributed by atoms with Crippen LogP contribution in [-0.2, 0) is 33.5 Å². The van der Waals surface area contributed by atoms with Crippen molar-refractivity contribution in [3.05, 3.63) is 529 Å². The van der Waals surface area contributed by atoms with Crippen molar-refractivity contribution in [2.75, 3.05) is 4.90 Å². The van der Waals surface area contributed by atoms with Crippen LogP contribution in [-0.4, -0.2) is 0 Å². The quantitative estimate of drug-likeness (QED) is 0.132. The SMILES string of the molecule is C1=CC2C3Cc4cc5c(cc4C(c4ccccc4)(c4ccccc4)c4cccc(c43)C(c3ccccc3)(c3ccccc3)C2C=C1)C1=CC2=C(CC1C5(c1ccccc1)c1ccccc1)N1c3ccccc3C(c3ccccc3)(c3ccccc3)c3cccc(c31)C2(c1ccccc1)c1ccccc1. The minimum atomic E-state index is -0.808. The lowest BCUT2D eigenvalue weighted by atomic mass is 9.49.